The third-order valence-corrected chi connectivity index (χ3v) is 4.26. The summed E-state index contributed by atoms with van der Waals surface area (Å²) in [6, 6.07) is 6.90. The lowest BCUT2D eigenvalue weighted by Gasteiger charge is -2.18. The number of rotatable bonds is 6. The Balaban J connectivity index is 1.76. The second-order valence-electron chi connectivity index (χ2n) is 5.76. The maximum Gasteiger partial charge on any atom is 0.341 e. The predicted molar refractivity (Wildman–Crippen MR) is 94.0 cm³/mol. The number of carboxylic acid groups (broad SMARTS) is 1. The molecule has 0 aliphatic carbocycles. The zero-order valence-corrected chi connectivity index (χ0v) is 14.3. The Labute approximate surface area is 150 Å². The number of hydrogen-bond donors (Lipinski definition) is 2. The molecule has 0 radical (unpaired) electrons. The van der Waals surface area contributed by atoms with E-state index in [0.29, 0.717) is 35.3 Å². The zero-order chi connectivity index (χ0) is 17.8. The number of amides is 1. The molecule has 0 bridgehead atoms. The molecule has 7 nitrogen and oxygen atoms in total. The summed E-state index contributed by atoms with van der Waals surface area (Å²) < 4.78 is 10.8. The van der Waals surface area contributed by atoms with Crippen molar-refractivity contribution in [1.29, 1.82) is 0 Å². The first-order valence-corrected chi connectivity index (χ1v) is 8.35. The molecule has 0 spiro atoms. The van der Waals surface area contributed by atoms with Gasteiger partial charge in [-0.25, -0.2) is 4.79 Å². The topological polar surface area (TPSA) is 88.1 Å². The van der Waals surface area contributed by atoms with Crippen molar-refractivity contribution in [3.8, 4) is 5.75 Å². The molecule has 0 saturated carbocycles. The molecule has 0 aromatic heterocycles. The molecule has 1 aromatic rings. The van der Waals surface area contributed by atoms with E-state index in [1.807, 2.05) is 0 Å². The maximum absolute atomic E-state index is 12.6. The monoisotopic (exact) mass is 362 g/mol. The van der Waals surface area contributed by atoms with Gasteiger partial charge in [0.1, 0.15) is 11.4 Å². The lowest BCUT2D eigenvalue weighted by molar-refractivity contribution is -0.139. The highest BCUT2D eigenvalue weighted by molar-refractivity contribution is 7.80. The molecule has 2 saturated heterocycles. The van der Waals surface area contributed by atoms with Crippen molar-refractivity contribution < 1.29 is 24.2 Å². The summed E-state index contributed by atoms with van der Waals surface area (Å²) in [5.74, 6) is -0.912. The van der Waals surface area contributed by atoms with Crippen molar-refractivity contribution >= 4 is 35.3 Å². The Hall–Kier alpha value is -2.45. The van der Waals surface area contributed by atoms with Gasteiger partial charge in [0.05, 0.1) is 12.6 Å². The van der Waals surface area contributed by atoms with E-state index in [9.17, 15) is 9.59 Å². The van der Waals surface area contributed by atoms with Crippen LogP contribution in [-0.2, 0) is 14.3 Å². The van der Waals surface area contributed by atoms with Crippen LogP contribution >= 0.6 is 12.2 Å². The van der Waals surface area contributed by atoms with Crippen LogP contribution in [0.25, 0.3) is 6.08 Å². The third-order valence-electron chi connectivity index (χ3n) is 3.94. The van der Waals surface area contributed by atoms with Crippen molar-refractivity contribution in [3.05, 3.63) is 35.5 Å². The highest BCUT2D eigenvalue weighted by atomic mass is 32.1. The summed E-state index contributed by atoms with van der Waals surface area (Å²) in [7, 11) is 0. The van der Waals surface area contributed by atoms with E-state index in [4.69, 9.17) is 26.8 Å². The summed E-state index contributed by atoms with van der Waals surface area (Å²) in [6.07, 6.45) is 3.52. The average Bonchev–Trinajstić information content (AvgIpc) is 3.18. The molecule has 2 N–H and O–H groups in total. The van der Waals surface area contributed by atoms with Crippen LogP contribution in [-0.4, -0.2) is 52.9 Å². The molecule has 2 heterocycles. The van der Waals surface area contributed by atoms with Crippen molar-refractivity contribution in [3.63, 3.8) is 0 Å². The van der Waals surface area contributed by atoms with Crippen LogP contribution in [0.5, 0.6) is 5.75 Å². The average molecular weight is 362 g/mol. The van der Waals surface area contributed by atoms with Crippen molar-refractivity contribution in [1.82, 2.24) is 10.2 Å². The van der Waals surface area contributed by atoms with E-state index in [-0.39, 0.29) is 12.0 Å². The Bertz CT molecular complexity index is 728. The highest BCUT2D eigenvalue weighted by Crippen LogP contribution is 2.23. The first kappa shape index (κ1) is 17.4. The number of benzene rings is 1. The number of carbonyl (C=O) groups excluding carboxylic acids is 1. The Morgan fingerprint density at radius 3 is 3.00 bits per heavy atom. The van der Waals surface area contributed by atoms with Crippen molar-refractivity contribution in [2.45, 2.75) is 18.9 Å². The smallest absolute Gasteiger partial charge is 0.341 e. The summed E-state index contributed by atoms with van der Waals surface area (Å²) >= 11 is 5.25. The van der Waals surface area contributed by atoms with Gasteiger partial charge in [-0.3, -0.25) is 9.69 Å². The van der Waals surface area contributed by atoms with Crippen LogP contribution in [0.4, 0.5) is 0 Å². The number of carboxylic acids is 1. The van der Waals surface area contributed by atoms with Crippen molar-refractivity contribution in [2.24, 2.45) is 0 Å². The van der Waals surface area contributed by atoms with Crippen LogP contribution in [0.3, 0.4) is 0 Å². The van der Waals surface area contributed by atoms with Gasteiger partial charge in [-0.05, 0) is 37.2 Å². The predicted octanol–water partition coefficient (Wildman–Crippen LogP) is 1.39. The Morgan fingerprint density at radius 1 is 1.48 bits per heavy atom. The summed E-state index contributed by atoms with van der Waals surface area (Å²) in [5, 5.41) is 12.0. The standard InChI is InChI=1S/C17H18N2O5S/c20-15(21)10-24-14-6-2-1-4-11(14)8-13-16(22)19(17(25)18-13)9-12-5-3-7-23-12/h1-2,4,6,8,12H,3,5,7,9-10H2,(H,18,25)(H,20,21)/b13-8-. The van der Waals surface area contributed by atoms with Crippen LogP contribution in [0.1, 0.15) is 18.4 Å². The van der Waals surface area contributed by atoms with Gasteiger partial charge in [-0.1, -0.05) is 18.2 Å². The number of carbonyl (C=O) groups is 2. The number of para-hydroxylation sites is 1. The van der Waals surface area contributed by atoms with Crippen molar-refractivity contribution in [2.75, 3.05) is 19.8 Å². The minimum Gasteiger partial charge on any atom is -0.481 e. The molecule has 8 heteroatoms. The number of nitrogens with zero attached hydrogens (tertiary/aromatic N) is 1. The zero-order valence-electron chi connectivity index (χ0n) is 13.4. The van der Waals surface area contributed by atoms with Gasteiger partial charge < -0.3 is 19.9 Å². The summed E-state index contributed by atoms with van der Waals surface area (Å²) in [6.45, 7) is 0.689. The van der Waals surface area contributed by atoms with E-state index in [1.165, 1.54) is 4.90 Å². The molecule has 1 aromatic carbocycles. The Morgan fingerprint density at radius 2 is 2.28 bits per heavy atom. The van der Waals surface area contributed by atoms with E-state index in [1.54, 1.807) is 30.3 Å². The minimum atomic E-state index is -1.07. The number of thiocarbonyl (C=S) groups is 1. The molecule has 132 valence electrons. The lowest BCUT2D eigenvalue weighted by Crippen LogP contribution is -2.37. The van der Waals surface area contributed by atoms with E-state index in [2.05, 4.69) is 5.32 Å². The van der Waals surface area contributed by atoms with Gasteiger partial charge in [-0.2, -0.15) is 0 Å². The number of nitrogens with one attached hydrogen (secondary N) is 1. The molecule has 1 atom stereocenters. The second kappa shape index (κ2) is 7.62. The first-order valence-electron chi connectivity index (χ1n) is 7.94. The third kappa shape index (κ3) is 4.15. The Kier molecular flexibility index (Phi) is 5.30. The minimum absolute atomic E-state index is 0.00855. The molecule has 3 rings (SSSR count). The van der Waals surface area contributed by atoms with Gasteiger partial charge in [0.25, 0.3) is 5.91 Å². The highest BCUT2D eigenvalue weighted by Gasteiger charge is 2.33. The van der Waals surface area contributed by atoms with Gasteiger partial charge in [0.15, 0.2) is 11.7 Å². The molecule has 1 unspecified atom stereocenters. The van der Waals surface area contributed by atoms with E-state index >= 15 is 0 Å². The fourth-order valence-corrected chi connectivity index (χ4v) is 3.02. The lowest BCUT2D eigenvalue weighted by atomic mass is 10.1. The van der Waals surface area contributed by atoms with Crippen LogP contribution in [0.15, 0.2) is 30.0 Å². The summed E-state index contributed by atoms with van der Waals surface area (Å²) in [4.78, 5) is 24.8. The molecule has 1 amide bonds. The van der Waals surface area contributed by atoms with Gasteiger partial charge in [0.2, 0.25) is 0 Å². The first-order chi connectivity index (χ1) is 12.0. The van der Waals surface area contributed by atoms with E-state index < -0.39 is 12.6 Å². The fraction of sp³-hybridized carbons (Fsp3) is 0.353. The largest absolute Gasteiger partial charge is 0.481 e. The van der Waals surface area contributed by atoms with Gasteiger partial charge in [0, 0.05) is 12.2 Å². The van der Waals surface area contributed by atoms with Crippen LogP contribution < -0.4 is 10.1 Å². The number of hydrogen-bond acceptors (Lipinski definition) is 5. The molecule has 25 heavy (non-hydrogen) atoms. The number of ether oxygens (including phenoxy) is 2. The van der Waals surface area contributed by atoms with Crippen LogP contribution in [0.2, 0.25) is 0 Å². The SMILES string of the molecule is O=C(O)COc1ccccc1/C=C1\NC(=S)N(CC2CCCO2)C1=O. The van der Waals surface area contributed by atoms with Crippen LogP contribution in [0, 0.1) is 0 Å². The molecule has 2 aliphatic heterocycles. The normalized spacial score (nSPS) is 21.7. The second-order valence-corrected chi connectivity index (χ2v) is 6.15. The molecular weight excluding hydrogens is 344 g/mol. The molecule has 2 fully saturated rings. The van der Waals surface area contributed by atoms with Gasteiger partial charge in [-0.15, -0.1) is 0 Å². The quantitative estimate of drug-likeness (QED) is 0.584. The fourth-order valence-electron chi connectivity index (χ4n) is 2.76. The maximum atomic E-state index is 12.6. The molecular formula is C17H18N2O5S. The molecule has 2 aliphatic rings. The van der Waals surface area contributed by atoms with E-state index in [0.717, 1.165) is 12.8 Å². The van der Waals surface area contributed by atoms with Gasteiger partial charge >= 0.3 is 5.97 Å². The summed E-state index contributed by atoms with van der Waals surface area (Å²) in [5.41, 5.74) is 0.927. The number of aliphatic carboxylic acids is 1.